The summed E-state index contributed by atoms with van der Waals surface area (Å²) in [5.41, 5.74) is 0. The lowest BCUT2D eigenvalue weighted by atomic mass is 10.0. The van der Waals surface area contributed by atoms with Crippen LogP contribution in [-0.2, 0) is 47.4 Å². The Morgan fingerprint density at radius 1 is 0.605 bits per heavy atom. The van der Waals surface area contributed by atoms with Crippen molar-refractivity contribution < 1.29 is 56.5 Å². The molecule has 0 saturated carbocycles. The van der Waals surface area contributed by atoms with Crippen molar-refractivity contribution in [3.8, 4) is 11.5 Å². The number of para-hydroxylation sites is 2. The van der Waals surface area contributed by atoms with Crippen molar-refractivity contribution in [3.63, 3.8) is 0 Å². The van der Waals surface area contributed by atoms with Crippen molar-refractivity contribution in [3.05, 3.63) is 60.7 Å². The van der Waals surface area contributed by atoms with Gasteiger partial charge in [-0.2, -0.15) is 0 Å². The summed E-state index contributed by atoms with van der Waals surface area (Å²) in [5.74, 6) is -5.07. The van der Waals surface area contributed by atoms with E-state index in [1.807, 2.05) is 0 Å². The number of esters is 4. The van der Waals surface area contributed by atoms with Gasteiger partial charge in [-0.05, 0) is 24.3 Å². The van der Waals surface area contributed by atoms with E-state index in [0.29, 0.717) is 0 Å². The van der Waals surface area contributed by atoms with E-state index in [-0.39, 0.29) is 11.5 Å². The lowest BCUT2D eigenvalue weighted by molar-refractivity contribution is -0.283. The second-order valence-electron chi connectivity index (χ2n) is 8.08. The van der Waals surface area contributed by atoms with Crippen LogP contribution in [-0.4, -0.2) is 54.3 Å². The Morgan fingerprint density at radius 3 is 1.42 bits per heavy atom. The number of rotatable bonds is 9. The number of benzene rings is 2. The summed E-state index contributed by atoms with van der Waals surface area (Å²) in [6.45, 7) is 4.23. The molecular weight excluding hydrogens is 523 g/mol. The maximum Gasteiger partial charge on any atom is 0.463 e. The zero-order valence-corrected chi connectivity index (χ0v) is 21.9. The number of carbonyl (C=O) groups is 4. The molecule has 0 bridgehead atoms. The van der Waals surface area contributed by atoms with Crippen LogP contribution in [0.25, 0.3) is 0 Å². The van der Waals surface area contributed by atoms with E-state index in [0.717, 1.165) is 27.7 Å². The van der Waals surface area contributed by atoms with E-state index < -0.39 is 61.9 Å². The van der Waals surface area contributed by atoms with Crippen molar-refractivity contribution in [1.82, 2.24) is 0 Å². The number of carbonyl (C=O) groups excluding carboxylic acids is 4. The van der Waals surface area contributed by atoms with Crippen LogP contribution >= 0.6 is 7.60 Å². The van der Waals surface area contributed by atoms with E-state index in [1.165, 1.54) is 24.3 Å². The standard InChI is InChI=1S/C25H27O12P/c1-15(26)31-21-22(32-16(2)27)24(34-18(4)29)35-25(23(21)33-17(3)28)38(30,36-19-11-7-5-8-12-19)37-20-13-9-6-10-14-20/h5-14,21-25H,1-4H3/t21-,22-,23+,24-,25-/m1/s1. The summed E-state index contributed by atoms with van der Waals surface area (Å²) in [4.78, 5) is 48.0. The Balaban J connectivity index is 2.17. The monoisotopic (exact) mass is 550 g/mol. The molecule has 1 fully saturated rings. The van der Waals surface area contributed by atoms with E-state index in [4.69, 9.17) is 32.7 Å². The molecule has 13 heteroatoms. The van der Waals surface area contributed by atoms with Gasteiger partial charge < -0.3 is 32.7 Å². The molecule has 1 aliphatic heterocycles. The van der Waals surface area contributed by atoms with E-state index in [9.17, 15) is 23.7 Å². The number of ether oxygens (including phenoxy) is 5. The van der Waals surface area contributed by atoms with Crippen molar-refractivity contribution in [2.24, 2.45) is 0 Å². The molecule has 0 spiro atoms. The third-order valence-electron chi connectivity index (χ3n) is 4.92. The fraction of sp³-hybridized carbons (Fsp3) is 0.360. The highest BCUT2D eigenvalue weighted by molar-refractivity contribution is 7.55. The Kier molecular flexibility index (Phi) is 9.49. The van der Waals surface area contributed by atoms with Gasteiger partial charge in [-0.3, -0.25) is 19.2 Å². The second-order valence-corrected chi connectivity index (χ2v) is 10.0. The fourth-order valence-corrected chi connectivity index (χ4v) is 5.58. The minimum absolute atomic E-state index is 0.104. The highest BCUT2D eigenvalue weighted by Gasteiger charge is 2.61. The summed E-state index contributed by atoms with van der Waals surface area (Å²) in [7, 11) is -4.60. The molecule has 0 N–H and O–H groups in total. The lowest BCUT2D eigenvalue weighted by Crippen LogP contribution is -2.62. The Hall–Kier alpha value is -3.89. The molecule has 5 atom stereocenters. The molecule has 0 aliphatic carbocycles. The largest absolute Gasteiger partial charge is 0.463 e. The SMILES string of the molecule is CC(=O)O[C@@H]1O[C@H](P(=O)(Oc2ccccc2)Oc2ccccc2)[C@@H](OC(C)=O)[C@H](OC(C)=O)[C@H]1OC(C)=O. The van der Waals surface area contributed by atoms with E-state index in [2.05, 4.69) is 0 Å². The first-order valence-corrected chi connectivity index (χ1v) is 13.0. The first kappa shape index (κ1) is 28.7. The van der Waals surface area contributed by atoms with Gasteiger partial charge in [0.15, 0.2) is 12.2 Å². The third-order valence-corrected chi connectivity index (χ3v) is 6.89. The minimum atomic E-state index is -4.60. The predicted octanol–water partition coefficient (Wildman–Crippen LogP) is 3.38. The molecule has 3 rings (SSSR count). The first-order chi connectivity index (χ1) is 18.0. The predicted molar refractivity (Wildman–Crippen MR) is 129 cm³/mol. The van der Waals surface area contributed by atoms with Gasteiger partial charge in [-0.15, -0.1) is 0 Å². The molecule has 12 nitrogen and oxygen atoms in total. The van der Waals surface area contributed by atoms with E-state index >= 15 is 0 Å². The van der Waals surface area contributed by atoms with Crippen molar-refractivity contribution >= 4 is 31.5 Å². The van der Waals surface area contributed by atoms with Gasteiger partial charge >= 0.3 is 31.5 Å². The number of hydrogen-bond acceptors (Lipinski definition) is 12. The Bertz CT molecular complexity index is 1140. The smallest absolute Gasteiger partial charge is 0.455 e. The molecule has 2 aromatic carbocycles. The van der Waals surface area contributed by atoms with Crippen molar-refractivity contribution in [2.45, 2.75) is 58.1 Å². The summed E-state index contributed by atoms with van der Waals surface area (Å²) in [6, 6.07) is 15.9. The summed E-state index contributed by atoms with van der Waals surface area (Å²) in [5, 5.41) is 0. The second kappa shape index (κ2) is 12.6. The number of hydrogen-bond donors (Lipinski definition) is 0. The Labute approximate surface area is 218 Å². The lowest BCUT2D eigenvalue weighted by Gasteiger charge is -2.44. The fourth-order valence-electron chi connectivity index (χ4n) is 3.65. The van der Waals surface area contributed by atoms with Gasteiger partial charge in [0.1, 0.15) is 11.5 Å². The zero-order valence-electron chi connectivity index (χ0n) is 21.0. The van der Waals surface area contributed by atoms with Crippen LogP contribution in [0.3, 0.4) is 0 Å². The van der Waals surface area contributed by atoms with Gasteiger partial charge in [0.25, 0.3) is 0 Å². The summed E-state index contributed by atoms with van der Waals surface area (Å²) >= 11 is 0. The molecule has 0 radical (unpaired) electrons. The molecular formula is C25H27O12P. The first-order valence-electron chi connectivity index (χ1n) is 11.4. The molecule has 0 aromatic heterocycles. The van der Waals surface area contributed by atoms with Crippen LogP contribution in [0, 0.1) is 0 Å². The maximum absolute atomic E-state index is 14.5. The van der Waals surface area contributed by atoms with Crippen LogP contribution in [0.5, 0.6) is 11.5 Å². The average molecular weight is 550 g/mol. The molecule has 1 aliphatic rings. The van der Waals surface area contributed by atoms with Gasteiger partial charge in [0.05, 0.1) is 0 Å². The topological polar surface area (TPSA) is 150 Å². The van der Waals surface area contributed by atoms with E-state index in [1.54, 1.807) is 36.4 Å². The molecule has 2 aromatic rings. The van der Waals surface area contributed by atoms with Crippen LogP contribution in [0.2, 0.25) is 0 Å². The Morgan fingerprint density at radius 2 is 1.00 bits per heavy atom. The zero-order chi connectivity index (χ0) is 27.9. The highest BCUT2D eigenvalue weighted by atomic mass is 31.2. The third kappa shape index (κ3) is 7.56. The van der Waals surface area contributed by atoms with Gasteiger partial charge in [-0.1, -0.05) is 36.4 Å². The van der Waals surface area contributed by atoms with Crippen molar-refractivity contribution in [1.29, 1.82) is 0 Å². The molecule has 1 heterocycles. The molecule has 0 unspecified atom stereocenters. The average Bonchev–Trinajstić information content (AvgIpc) is 2.82. The van der Waals surface area contributed by atoms with Crippen LogP contribution in [0.4, 0.5) is 0 Å². The normalized spacial score (nSPS) is 22.9. The van der Waals surface area contributed by atoms with Crippen molar-refractivity contribution in [2.75, 3.05) is 0 Å². The van der Waals surface area contributed by atoms with Gasteiger partial charge in [0.2, 0.25) is 18.2 Å². The molecule has 1 saturated heterocycles. The summed E-state index contributed by atoms with van der Waals surface area (Å²) < 4.78 is 53.2. The minimum Gasteiger partial charge on any atom is -0.455 e. The molecule has 38 heavy (non-hydrogen) atoms. The van der Waals surface area contributed by atoms with Crippen LogP contribution < -0.4 is 9.05 Å². The van der Waals surface area contributed by atoms with Crippen LogP contribution in [0.15, 0.2) is 60.7 Å². The quantitative estimate of drug-likeness (QED) is 0.256. The maximum atomic E-state index is 14.5. The highest BCUT2D eigenvalue weighted by Crippen LogP contribution is 2.57. The van der Waals surface area contributed by atoms with Crippen LogP contribution in [0.1, 0.15) is 27.7 Å². The van der Waals surface area contributed by atoms with Gasteiger partial charge in [-0.25, -0.2) is 4.57 Å². The van der Waals surface area contributed by atoms with Gasteiger partial charge in [0, 0.05) is 27.7 Å². The molecule has 0 amide bonds. The summed E-state index contributed by atoms with van der Waals surface area (Å²) in [6.07, 6.45) is -6.66. The molecule has 204 valence electrons.